The van der Waals surface area contributed by atoms with Crippen molar-refractivity contribution in [3.8, 4) is 0 Å². The average Bonchev–Trinajstić information content (AvgIpc) is 3.20. The lowest BCUT2D eigenvalue weighted by Gasteiger charge is -2.17. The Labute approximate surface area is 143 Å². The molecule has 9 nitrogen and oxygen atoms in total. The topological polar surface area (TPSA) is 114 Å². The molecule has 1 fully saturated rings. The SMILES string of the molecule is Cc1cn2nc(NC3CCN(C(=O)c4nccnc4N)C3)ccc2n1. The summed E-state index contributed by atoms with van der Waals surface area (Å²) in [6, 6.07) is 3.93. The summed E-state index contributed by atoms with van der Waals surface area (Å²) in [5, 5.41) is 7.87. The van der Waals surface area contributed by atoms with Crippen LogP contribution in [0.2, 0.25) is 0 Å². The van der Waals surface area contributed by atoms with Gasteiger partial charge in [-0.3, -0.25) is 4.79 Å². The molecule has 0 aliphatic carbocycles. The van der Waals surface area contributed by atoms with Crippen molar-refractivity contribution < 1.29 is 4.79 Å². The molecule has 1 unspecified atom stereocenters. The summed E-state index contributed by atoms with van der Waals surface area (Å²) in [4.78, 5) is 26.6. The number of fused-ring (bicyclic) bond motifs is 1. The number of carbonyl (C=O) groups excluding carboxylic acids is 1. The highest BCUT2D eigenvalue weighted by Crippen LogP contribution is 2.18. The first-order valence-corrected chi connectivity index (χ1v) is 8.05. The zero-order valence-corrected chi connectivity index (χ0v) is 13.8. The fraction of sp³-hybridized carbons (Fsp3) is 0.312. The summed E-state index contributed by atoms with van der Waals surface area (Å²) in [7, 11) is 0. The summed E-state index contributed by atoms with van der Waals surface area (Å²) >= 11 is 0. The number of aryl methyl sites for hydroxylation is 1. The summed E-state index contributed by atoms with van der Waals surface area (Å²) in [6.45, 7) is 3.14. The van der Waals surface area contributed by atoms with E-state index in [9.17, 15) is 4.79 Å². The lowest BCUT2D eigenvalue weighted by Crippen LogP contribution is -2.33. The van der Waals surface area contributed by atoms with Crippen molar-refractivity contribution in [1.29, 1.82) is 0 Å². The maximum absolute atomic E-state index is 12.5. The Morgan fingerprint density at radius 3 is 3.00 bits per heavy atom. The third-order valence-corrected chi connectivity index (χ3v) is 4.20. The Kier molecular flexibility index (Phi) is 3.68. The maximum Gasteiger partial charge on any atom is 0.276 e. The van der Waals surface area contributed by atoms with E-state index in [1.165, 1.54) is 12.4 Å². The molecule has 9 heteroatoms. The van der Waals surface area contributed by atoms with Gasteiger partial charge in [-0.1, -0.05) is 0 Å². The molecule has 25 heavy (non-hydrogen) atoms. The van der Waals surface area contributed by atoms with E-state index in [1.54, 1.807) is 9.42 Å². The summed E-state index contributed by atoms with van der Waals surface area (Å²) < 4.78 is 1.75. The van der Waals surface area contributed by atoms with Crippen LogP contribution in [0.25, 0.3) is 5.65 Å². The van der Waals surface area contributed by atoms with Crippen LogP contribution >= 0.6 is 0 Å². The Morgan fingerprint density at radius 1 is 1.32 bits per heavy atom. The van der Waals surface area contributed by atoms with E-state index in [4.69, 9.17) is 5.73 Å². The zero-order valence-electron chi connectivity index (χ0n) is 13.8. The molecule has 0 saturated carbocycles. The Hall–Kier alpha value is -3.23. The highest BCUT2D eigenvalue weighted by molar-refractivity contribution is 5.96. The number of nitrogens with two attached hydrogens (primary N) is 1. The van der Waals surface area contributed by atoms with Crippen LogP contribution in [-0.2, 0) is 0 Å². The Morgan fingerprint density at radius 2 is 2.16 bits per heavy atom. The van der Waals surface area contributed by atoms with Crippen molar-refractivity contribution in [3.05, 3.63) is 42.1 Å². The first-order chi connectivity index (χ1) is 12.1. The van der Waals surface area contributed by atoms with Gasteiger partial charge in [0.25, 0.3) is 5.91 Å². The number of imidazole rings is 1. The zero-order chi connectivity index (χ0) is 17.4. The standard InChI is InChI=1S/C16H18N8O/c1-10-8-24-13(20-10)3-2-12(22-24)21-11-4-7-23(9-11)16(25)14-15(17)19-6-5-18-14/h2-3,5-6,8,11H,4,7,9H2,1H3,(H2,17,19)(H,21,22). The number of likely N-dealkylation sites (tertiary alicyclic amines) is 1. The van der Waals surface area contributed by atoms with Crippen LogP contribution in [0.3, 0.4) is 0 Å². The molecular formula is C16H18N8O. The number of anilines is 2. The molecule has 4 rings (SSSR count). The van der Waals surface area contributed by atoms with Gasteiger partial charge < -0.3 is 16.0 Å². The van der Waals surface area contributed by atoms with Crippen molar-refractivity contribution in [2.45, 2.75) is 19.4 Å². The van der Waals surface area contributed by atoms with Crippen molar-refractivity contribution >= 4 is 23.2 Å². The Bertz CT molecular complexity index is 937. The average molecular weight is 338 g/mol. The van der Waals surface area contributed by atoms with Gasteiger partial charge in [0.15, 0.2) is 17.2 Å². The van der Waals surface area contributed by atoms with Gasteiger partial charge in [0.1, 0.15) is 5.82 Å². The summed E-state index contributed by atoms with van der Waals surface area (Å²) in [5.74, 6) is 0.721. The van der Waals surface area contributed by atoms with Gasteiger partial charge in [-0.25, -0.2) is 19.5 Å². The minimum absolute atomic E-state index is 0.122. The molecule has 1 aliphatic heterocycles. The number of hydrogen-bond acceptors (Lipinski definition) is 7. The second-order valence-electron chi connectivity index (χ2n) is 6.07. The molecule has 1 saturated heterocycles. The monoisotopic (exact) mass is 338 g/mol. The molecule has 0 bridgehead atoms. The van der Waals surface area contributed by atoms with E-state index in [0.29, 0.717) is 13.1 Å². The first kappa shape index (κ1) is 15.3. The molecule has 4 heterocycles. The van der Waals surface area contributed by atoms with Crippen molar-refractivity contribution in [2.75, 3.05) is 24.1 Å². The number of aromatic nitrogens is 5. The number of nitrogen functional groups attached to an aromatic ring is 1. The fourth-order valence-corrected chi connectivity index (χ4v) is 3.01. The largest absolute Gasteiger partial charge is 0.382 e. The number of rotatable bonds is 3. The van der Waals surface area contributed by atoms with Gasteiger partial charge in [0.05, 0.1) is 11.9 Å². The fourth-order valence-electron chi connectivity index (χ4n) is 3.01. The summed E-state index contributed by atoms with van der Waals surface area (Å²) in [5.41, 5.74) is 7.68. The number of nitrogens with zero attached hydrogens (tertiary/aromatic N) is 6. The smallest absolute Gasteiger partial charge is 0.276 e. The second-order valence-corrected chi connectivity index (χ2v) is 6.07. The van der Waals surface area contributed by atoms with E-state index < -0.39 is 0 Å². The third kappa shape index (κ3) is 2.95. The van der Waals surface area contributed by atoms with Crippen LogP contribution in [0.5, 0.6) is 0 Å². The van der Waals surface area contributed by atoms with Gasteiger partial charge in [0.2, 0.25) is 0 Å². The van der Waals surface area contributed by atoms with E-state index in [1.807, 2.05) is 25.3 Å². The molecule has 1 amide bonds. The van der Waals surface area contributed by atoms with E-state index in [2.05, 4.69) is 25.4 Å². The lowest BCUT2D eigenvalue weighted by molar-refractivity contribution is 0.0786. The van der Waals surface area contributed by atoms with Crippen molar-refractivity contribution in [1.82, 2.24) is 29.5 Å². The summed E-state index contributed by atoms with van der Waals surface area (Å²) in [6.07, 6.45) is 5.65. The van der Waals surface area contributed by atoms with Crippen molar-refractivity contribution in [2.24, 2.45) is 0 Å². The minimum Gasteiger partial charge on any atom is -0.382 e. The van der Waals surface area contributed by atoms with Gasteiger partial charge in [0, 0.05) is 31.5 Å². The van der Waals surface area contributed by atoms with E-state index >= 15 is 0 Å². The molecule has 0 radical (unpaired) electrons. The normalized spacial score (nSPS) is 17.2. The number of amides is 1. The number of hydrogen-bond donors (Lipinski definition) is 2. The molecule has 0 aromatic carbocycles. The third-order valence-electron chi connectivity index (χ3n) is 4.20. The molecular weight excluding hydrogens is 320 g/mol. The molecule has 1 aliphatic rings. The predicted octanol–water partition coefficient (Wildman–Crippen LogP) is 0.737. The van der Waals surface area contributed by atoms with Crippen LogP contribution in [0.15, 0.2) is 30.7 Å². The highest BCUT2D eigenvalue weighted by atomic mass is 16.2. The van der Waals surface area contributed by atoms with Crippen LogP contribution in [-0.4, -0.2) is 54.5 Å². The van der Waals surface area contributed by atoms with E-state index in [0.717, 1.165) is 23.6 Å². The van der Waals surface area contributed by atoms with Gasteiger partial charge in [-0.2, -0.15) is 0 Å². The number of carbonyl (C=O) groups is 1. The van der Waals surface area contributed by atoms with Crippen LogP contribution in [0, 0.1) is 6.92 Å². The van der Waals surface area contributed by atoms with Gasteiger partial charge in [-0.15, -0.1) is 5.10 Å². The quantitative estimate of drug-likeness (QED) is 0.723. The molecule has 3 aromatic rings. The Balaban J connectivity index is 1.45. The first-order valence-electron chi connectivity index (χ1n) is 8.05. The lowest BCUT2D eigenvalue weighted by atomic mass is 10.2. The molecule has 3 N–H and O–H groups in total. The number of nitrogens with one attached hydrogen (secondary N) is 1. The molecule has 1 atom stereocenters. The molecule has 128 valence electrons. The van der Waals surface area contributed by atoms with Crippen molar-refractivity contribution in [3.63, 3.8) is 0 Å². The predicted molar refractivity (Wildman–Crippen MR) is 92.1 cm³/mol. The van der Waals surface area contributed by atoms with Gasteiger partial charge >= 0.3 is 0 Å². The highest BCUT2D eigenvalue weighted by Gasteiger charge is 2.29. The van der Waals surface area contributed by atoms with Gasteiger partial charge in [-0.05, 0) is 25.5 Å². The van der Waals surface area contributed by atoms with E-state index in [-0.39, 0.29) is 23.5 Å². The maximum atomic E-state index is 12.5. The van der Waals surface area contributed by atoms with Crippen LogP contribution < -0.4 is 11.1 Å². The minimum atomic E-state index is -0.191. The molecule has 3 aromatic heterocycles. The van der Waals surface area contributed by atoms with Crippen LogP contribution in [0.4, 0.5) is 11.6 Å². The molecule has 0 spiro atoms. The van der Waals surface area contributed by atoms with Crippen LogP contribution in [0.1, 0.15) is 22.6 Å². The second kappa shape index (κ2) is 6.00.